The molecule has 4 heteroatoms. The minimum atomic E-state index is 0.107. The van der Waals surface area contributed by atoms with E-state index < -0.39 is 0 Å². The number of nitrogens with two attached hydrogens (primary N) is 1. The summed E-state index contributed by atoms with van der Waals surface area (Å²) in [5.74, 6) is 1.68. The van der Waals surface area contributed by atoms with E-state index in [0.29, 0.717) is 5.92 Å². The van der Waals surface area contributed by atoms with Crippen LogP contribution in [0.15, 0.2) is 0 Å². The van der Waals surface area contributed by atoms with E-state index in [1.165, 1.54) is 0 Å². The highest BCUT2D eigenvalue weighted by Gasteiger charge is 2.29. The second-order valence-corrected chi connectivity index (χ2v) is 6.23. The molecule has 1 heterocycles. The van der Waals surface area contributed by atoms with Crippen molar-refractivity contribution in [3.63, 3.8) is 0 Å². The van der Waals surface area contributed by atoms with Gasteiger partial charge in [0.05, 0.1) is 5.25 Å². The Morgan fingerprint density at radius 3 is 2.75 bits per heavy atom. The number of carbonyl (C=O) groups excluding carboxylic acids is 1. The molecule has 3 nitrogen and oxygen atoms in total. The predicted molar refractivity (Wildman–Crippen MR) is 70.5 cm³/mol. The maximum Gasteiger partial charge on any atom is 0.236 e. The van der Waals surface area contributed by atoms with Crippen LogP contribution in [0.3, 0.4) is 0 Å². The van der Waals surface area contributed by atoms with Gasteiger partial charge in [-0.2, -0.15) is 0 Å². The van der Waals surface area contributed by atoms with Crippen LogP contribution in [0.1, 0.15) is 33.6 Å². The van der Waals surface area contributed by atoms with Crippen LogP contribution >= 0.6 is 11.8 Å². The van der Waals surface area contributed by atoms with Crippen LogP contribution in [0.5, 0.6) is 0 Å². The lowest BCUT2D eigenvalue weighted by molar-refractivity contribution is -0.132. The molecule has 0 saturated carbocycles. The van der Waals surface area contributed by atoms with Gasteiger partial charge in [-0.05, 0) is 24.5 Å². The average Bonchev–Trinajstić information content (AvgIpc) is 2.24. The normalized spacial score (nSPS) is 23.6. The summed E-state index contributed by atoms with van der Waals surface area (Å²) in [6, 6.07) is 0.178. The van der Waals surface area contributed by atoms with E-state index in [2.05, 4.69) is 20.8 Å². The minimum absolute atomic E-state index is 0.107. The Morgan fingerprint density at radius 1 is 1.56 bits per heavy atom. The number of rotatable bonds is 4. The van der Waals surface area contributed by atoms with Crippen molar-refractivity contribution in [3.8, 4) is 0 Å². The molecule has 0 aromatic rings. The lowest BCUT2D eigenvalue weighted by atomic mass is 10.0. The highest BCUT2D eigenvalue weighted by atomic mass is 32.2. The highest BCUT2D eigenvalue weighted by Crippen LogP contribution is 2.23. The number of thioether (sulfide) groups is 1. The summed E-state index contributed by atoms with van der Waals surface area (Å²) < 4.78 is 0. The molecule has 1 fully saturated rings. The molecule has 0 aromatic heterocycles. The Kier molecular flexibility index (Phi) is 5.62. The van der Waals surface area contributed by atoms with E-state index in [4.69, 9.17) is 5.73 Å². The highest BCUT2D eigenvalue weighted by molar-refractivity contribution is 8.00. The number of likely N-dealkylation sites (tertiary alicyclic amines) is 1. The first-order valence-corrected chi connectivity index (χ1v) is 7.27. The lowest BCUT2D eigenvalue weighted by Gasteiger charge is -2.34. The van der Waals surface area contributed by atoms with Crippen molar-refractivity contribution >= 4 is 17.7 Å². The summed E-state index contributed by atoms with van der Waals surface area (Å²) in [6.07, 6.45) is 2.10. The number of hydrogen-bond donors (Lipinski definition) is 1. The summed E-state index contributed by atoms with van der Waals surface area (Å²) in [7, 11) is 0. The molecule has 2 atom stereocenters. The largest absolute Gasteiger partial charge is 0.340 e. The monoisotopic (exact) mass is 244 g/mol. The Hall–Kier alpha value is -0.220. The van der Waals surface area contributed by atoms with Crippen molar-refractivity contribution in [3.05, 3.63) is 0 Å². The third-order valence-electron chi connectivity index (χ3n) is 2.96. The molecule has 0 aliphatic carbocycles. The van der Waals surface area contributed by atoms with Gasteiger partial charge >= 0.3 is 0 Å². The van der Waals surface area contributed by atoms with E-state index >= 15 is 0 Å². The van der Waals surface area contributed by atoms with Crippen molar-refractivity contribution in [1.82, 2.24) is 4.90 Å². The zero-order chi connectivity index (χ0) is 12.1. The van der Waals surface area contributed by atoms with Crippen LogP contribution in [0.2, 0.25) is 0 Å². The van der Waals surface area contributed by atoms with Crippen LogP contribution in [-0.4, -0.2) is 40.9 Å². The van der Waals surface area contributed by atoms with Gasteiger partial charge < -0.3 is 10.6 Å². The van der Waals surface area contributed by atoms with Crippen molar-refractivity contribution in [2.45, 2.75) is 44.9 Å². The van der Waals surface area contributed by atoms with Gasteiger partial charge in [-0.15, -0.1) is 11.8 Å². The van der Waals surface area contributed by atoms with Crippen LogP contribution in [0, 0.1) is 5.92 Å². The Bertz CT molecular complexity index is 233. The Labute approximate surface area is 103 Å². The van der Waals surface area contributed by atoms with E-state index in [0.717, 1.165) is 31.7 Å². The number of amides is 1. The van der Waals surface area contributed by atoms with Gasteiger partial charge in [0.25, 0.3) is 0 Å². The topological polar surface area (TPSA) is 46.3 Å². The molecule has 1 aliphatic heterocycles. The van der Waals surface area contributed by atoms with E-state index in [1.54, 1.807) is 11.8 Å². The van der Waals surface area contributed by atoms with Gasteiger partial charge in [-0.1, -0.05) is 20.8 Å². The summed E-state index contributed by atoms with van der Waals surface area (Å²) in [5, 5.41) is 0.107. The summed E-state index contributed by atoms with van der Waals surface area (Å²) in [6.45, 7) is 7.98. The zero-order valence-corrected chi connectivity index (χ0v) is 11.4. The SMILES string of the molecule is CCSC(C(=O)N1CCCC(N)C1)C(C)C. The molecule has 0 aromatic carbocycles. The smallest absolute Gasteiger partial charge is 0.236 e. The van der Waals surface area contributed by atoms with E-state index in [-0.39, 0.29) is 17.2 Å². The van der Waals surface area contributed by atoms with Crippen LogP contribution < -0.4 is 5.73 Å². The van der Waals surface area contributed by atoms with Gasteiger partial charge in [0, 0.05) is 19.1 Å². The molecular weight excluding hydrogens is 220 g/mol. The minimum Gasteiger partial charge on any atom is -0.340 e. The van der Waals surface area contributed by atoms with Gasteiger partial charge in [0.1, 0.15) is 0 Å². The Morgan fingerprint density at radius 2 is 2.25 bits per heavy atom. The molecule has 2 N–H and O–H groups in total. The summed E-state index contributed by atoms with van der Waals surface area (Å²) >= 11 is 1.76. The molecule has 1 rings (SSSR count). The van der Waals surface area contributed by atoms with Crippen LogP contribution in [-0.2, 0) is 4.79 Å². The number of carbonyl (C=O) groups is 1. The average molecular weight is 244 g/mol. The van der Waals surface area contributed by atoms with Crippen molar-refractivity contribution < 1.29 is 4.79 Å². The fourth-order valence-corrected chi connectivity index (χ4v) is 3.15. The van der Waals surface area contributed by atoms with Crippen molar-refractivity contribution in [2.24, 2.45) is 11.7 Å². The van der Waals surface area contributed by atoms with Crippen molar-refractivity contribution in [2.75, 3.05) is 18.8 Å². The van der Waals surface area contributed by atoms with Gasteiger partial charge in [0.15, 0.2) is 0 Å². The fourth-order valence-electron chi connectivity index (χ4n) is 2.12. The molecule has 0 radical (unpaired) electrons. The zero-order valence-electron chi connectivity index (χ0n) is 10.6. The molecule has 2 unspecified atom stereocenters. The predicted octanol–water partition coefficient (Wildman–Crippen LogP) is 1.71. The molecule has 94 valence electrons. The Balaban J connectivity index is 2.58. The number of nitrogens with zero attached hydrogens (tertiary/aromatic N) is 1. The van der Waals surface area contributed by atoms with E-state index in [9.17, 15) is 4.79 Å². The first-order valence-electron chi connectivity index (χ1n) is 6.22. The van der Waals surface area contributed by atoms with Crippen LogP contribution in [0.4, 0.5) is 0 Å². The third kappa shape index (κ3) is 3.67. The maximum atomic E-state index is 12.3. The quantitative estimate of drug-likeness (QED) is 0.819. The first kappa shape index (κ1) is 13.8. The molecule has 16 heavy (non-hydrogen) atoms. The molecular formula is C12H24N2OS. The van der Waals surface area contributed by atoms with Gasteiger partial charge in [-0.25, -0.2) is 0 Å². The fraction of sp³-hybridized carbons (Fsp3) is 0.917. The molecule has 0 spiro atoms. The number of piperidine rings is 1. The summed E-state index contributed by atoms with van der Waals surface area (Å²) in [4.78, 5) is 14.3. The maximum absolute atomic E-state index is 12.3. The molecule has 1 saturated heterocycles. The summed E-state index contributed by atoms with van der Waals surface area (Å²) in [5.41, 5.74) is 5.91. The standard InChI is InChI=1S/C12H24N2OS/c1-4-16-11(9(2)3)12(15)14-7-5-6-10(13)8-14/h9-11H,4-8,13H2,1-3H3. The van der Waals surface area contributed by atoms with Crippen LogP contribution in [0.25, 0.3) is 0 Å². The second-order valence-electron chi connectivity index (χ2n) is 4.81. The lowest BCUT2D eigenvalue weighted by Crippen LogP contribution is -2.49. The molecule has 1 aliphatic rings. The van der Waals surface area contributed by atoms with E-state index in [1.807, 2.05) is 4.90 Å². The third-order valence-corrected chi connectivity index (χ3v) is 4.40. The van der Waals surface area contributed by atoms with Gasteiger partial charge in [0.2, 0.25) is 5.91 Å². The molecule has 1 amide bonds. The second kappa shape index (κ2) is 6.50. The van der Waals surface area contributed by atoms with Crippen molar-refractivity contribution in [1.29, 1.82) is 0 Å². The number of hydrogen-bond acceptors (Lipinski definition) is 3. The first-order chi connectivity index (χ1) is 7.56. The molecule has 0 bridgehead atoms. The van der Waals surface area contributed by atoms with Gasteiger partial charge in [-0.3, -0.25) is 4.79 Å².